The number of nitrogens with two attached hydrogens (primary N) is 1. The summed E-state index contributed by atoms with van der Waals surface area (Å²) in [6, 6.07) is 6.31. The molecule has 1 aromatic carbocycles. The molecular weight excluding hydrogens is 310 g/mol. The first-order valence-corrected chi connectivity index (χ1v) is 9.57. The molecule has 3 N–H and O–H groups in total. The quantitative estimate of drug-likeness (QED) is 0.600. The summed E-state index contributed by atoms with van der Waals surface area (Å²) in [6.07, 6.45) is 15.3. The van der Waals surface area contributed by atoms with Crippen molar-refractivity contribution >= 4 is 6.08 Å². The number of ether oxygens (including phenoxy) is 1. The Hall–Kier alpha value is -1.58. The Kier molecular flexibility index (Phi) is 7.73. The third-order valence-electron chi connectivity index (χ3n) is 4.75. The molecule has 0 aromatic heterocycles. The number of hydrogen-bond donors (Lipinski definition) is 2. The molecule has 0 saturated heterocycles. The van der Waals surface area contributed by atoms with Crippen molar-refractivity contribution in [3.05, 3.63) is 47.6 Å². The zero-order valence-electron chi connectivity index (χ0n) is 15.7. The molecule has 0 saturated carbocycles. The van der Waals surface area contributed by atoms with Gasteiger partial charge in [-0.3, -0.25) is 0 Å². The predicted octanol–water partition coefficient (Wildman–Crippen LogP) is 4.80. The minimum absolute atomic E-state index is 0.0146. The number of unbranched alkanes of at least 4 members (excludes halogenated alkanes) is 4. The normalized spacial score (nSPS) is 18.5. The van der Waals surface area contributed by atoms with Crippen molar-refractivity contribution in [2.75, 3.05) is 13.2 Å². The number of hydrogen-bond acceptors (Lipinski definition) is 3. The van der Waals surface area contributed by atoms with E-state index in [1.165, 1.54) is 36.8 Å². The molecule has 2 rings (SSSR count). The van der Waals surface area contributed by atoms with Crippen LogP contribution in [-0.4, -0.2) is 23.9 Å². The lowest BCUT2D eigenvalue weighted by molar-refractivity contribution is 0.197. The summed E-state index contributed by atoms with van der Waals surface area (Å²) in [6.45, 7) is 4.89. The predicted molar refractivity (Wildman–Crippen MR) is 106 cm³/mol. The summed E-state index contributed by atoms with van der Waals surface area (Å²) < 4.78 is 5.93. The standard InChI is InChI=1S/C22H33NO2/c1-3-4-5-6-9-14-25-20-12-13-21-18(15-20)10-7-8-11-19(21)16-22(2,23)17-24/h7-8,10-13,15,19,24H,3-6,9,14,16-17,23H2,1-2H3/t19-,22-/m1/s1. The summed E-state index contributed by atoms with van der Waals surface area (Å²) >= 11 is 0. The smallest absolute Gasteiger partial charge is 0.119 e. The summed E-state index contributed by atoms with van der Waals surface area (Å²) in [5.41, 5.74) is 8.01. The highest BCUT2D eigenvalue weighted by Crippen LogP contribution is 2.33. The first-order chi connectivity index (χ1) is 12.1. The maximum absolute atomic E-state index is 9.48. The maximum Gasteiger partial charge on any atom is 0.119 e. The van der Waals surface area contributed by atoms with Crippen molar-refractivity contribution in [1.82, 2.24) is 0 Å². The zero-order chi connectivity index (χ0) is 18.1. The Labute approximate surface area is 152 Å². The molecule has 2 atom stereocenters. The van der Waals surface area contributed by atoms with Crippen molar-refractivity contribution in [1.29, 1.82) is 0 Å². The average Bonchev–Trinajstić information content (AvgIpc) is 2.79. The van der Waals surface area contributed by atoms with Gasteiger partial charge in [-0.05, 0) is 43.0 Å². The van der Waals surface area contributed by atoms with Crippen molar-refractivity contribution in [3.63, 3.8) is 0 Å². The van der Waals surface area contributed by atoms with Gasteiger partial charge < -0.3 is 15.6 Å². The molecule has 0 bridgehead atoms. The van der Waals surface area contributed by atoms with E-state index >= 15 is 0 Å². The number of fused-ring (bicyclic) bond motifs is 1. The number of rotatable bonds is 10. The Morgan fingerprint density at radius 1 is 1.16 bits per heavy atom. The number of aliphatic hydroxyl groups is 1. The molecule has 0 amide bonds. The molecule has 138 valence electrons. The van der Waals surface area contributed by atoms with Gasteiger partial charge >= 0.3 is 0 Å². The fraction of sp³-hybridized carbons (Fsp3) is 0.545. The molecule has 0 aliphatic heterocycles. The fourth-order valence-corrected chi connectivity index (χ4v) is 3.23. The molecule has 3 heteroatoms. The molecular formula is C22H33NO2. The van der Waals surface area contributed by atoms with E-state index in [0.29, 0.717) is 6.42 Å². The van der Waals surface area contributed by atoms with Crippen LogP contribution in [0.5, 0.6) is 5.75 Å². The van der Waals surface area contributed by atoms with Crippen molar-refractivity contribution < 1.29 is 9.84 Å². The van der Waals surface area contributed by atoms with Gasteiger partial charge in [0.2, 0.25) is 0 Å². The van der Waals surface area contributed by atoms with Gasteiger partial charge in [-0.2, -0.15) is 0 Å². The lowest BCUT2D eigenvalue weighted by Crippen LogP contribution is -2.41. The topological polar surface area (TPSA) is 55.5 Å². The first-order valence-electron chi connectivity index (χ1n) is 9.57. The molecule has 25 heavy (non-hydrogen) atoms. The molecule has 0 unspecified atom stereocenters. The number of allylic oxidation sites excluding steroid dienone is 3. The van der Waals surface area contributed by atoms with Gasteiger partial charge in [-0.15, -0.1) is 0 Å². The Morgan fingerprint density at radius 2 is 1.96 bits per heavy atom. The highest BCUT2D eigenvalue weighted by Gasteiger charge is 2.24. The van der Waals surface area contributed by atoms with Gasteiger partial charge in [0.05, 0.1) is 13.2 Å². The first kappa shape index (κ1) is 19.7. The largest absolute Gasteiger partial charge is 0.494 e. The highest BCUT2D eigenvalue weighted by atomic mass is 16.5. The average molecular weight is 344 g/mol. The minimum Gasteiger partial charge on any atom is -0.494 e. The van der Waals surface area contributed by atoms with Crippen LogP contribution in [0.2, 0.25) is 0 Å². The Bertz CT molecular complexity index is 590. The van der Waals surface area contributed by atoms with Crippen LogP contribution < -0.4 is 10.5 Å². The third kappa shape index (κ3) is 6.33. The minimum atomic E-state index is -0.579. The molecule has 0 heterocycles. The fourth-order valence-electron chi connectivity index (χ4n) is 3.23. The Balaban J connectivity index is 1.99. The highest BCUT2D eigenvalue weighted by molar-refractivity contribution is 5.61. The lowest BCUT2D eigenvalue weighted by atomic mass is 9.84. The van der Waals surface area contributed by atoms with Gasteiger partial charge in [0.1, 0.15) is 5.75 Å². The molecule has 0 fully saturated rings. The molecule has 0 spiro atoms. The summed E-state index contributed by atoms with van der Waals surface area (Å²) in [5, 5.41) is 9.48. The number of aliphatic hydroxyl groups excluding tert-OH is 1. The second kappa shape index (κ2) is 9.79. The second-order valence-corrected chi connectivity index (χ2v) is 7.42. The van der Waals surface area contributed by atoms with Gasteiger partial charge in [-0.25, -0.2) is 0 Å². The van der Waals surface area contributed by atoms with Crippen LogP contribution in [-0.2, 0) is 0 Å². The van der Waals surface area contributed by atoms with Crippen LogP contribution in [0, 0.1) is 0 Å². The van der Waals surface area contributed by atoms with Crippen LogP contribution in [0.1, 0.15) is 69.4 Å². The summed E-state index contributed by atoms with van der Waals surface area (Å²) in [5.74, 6) is 1.13. The van der Waals surface area contributed by atoms with E-state index < -0.39 is 5.54 Å². The van der Waals surface area contributed by atoms with E-state index in [2.05, 4.69) is 49.4 Å². The van der Waals surface area contributed by atoms with Crippen LogP contribution in [0.3, 0.4) is 0 Å². The third-order valence-corrected chi connectivity index (χ3v) is 4.75. The van der Waals surface area contributed by atoms with Gasteiger partial charge in [-0.1, -0.05) is 63.0 Å². The molecule has 1 aliphatic rings. The monoisotopic (exact) mass is 343 g/mol. The summed E-state index contributed by atoms with van der Waals surface area (Å²) in [7, 11) is 0. The van der Waals surface area contributed by atoms with Crippen molar-refractivity contribution in [2.45, 2.75) is 63.8 Å². The zero-order valence-corrected chi connectivity index (χ0v) is 15.7. The van der Waals surface area contributed by atoms with E-state index in [4.69, 9.17) is 10.5 Å². The molecule has 1 aliphatic carbocycles. The summed E-state index contributed by atoms with van der Waals surface area (Å²) in [4.78, 5) is 0. The van der Waals surface area contributed by atoms with Crippen molar-refractivity contribution in [3.8, 4) is 5.75 Å². The van der Waals surface area contributed by atoms with Crippen LogP contribution in [0.4, 0.5) is 0 Å². The van der Waals surface area contributed by atoms with E-state index in [9.17, 15) is 5.11 Å². The Morgan fingerprint density at radius 3 is 2.72 bits per heavy atom. The molecule has 1 aromatic rings. The number of benzene rings is 1. The van der Waals surface area contributed by atoms with Crippen molar-refractivity contribution in [2.24, 2.45) is 5.73 Å². The van der Waals surface area contributed by atoms with Crippen LogP contribution >= 0.6 is 0 Å². The van der Waals surface area contributed by atoms with Crippen LogP contribution in [0.15, 0.2) is 36.4 Å². The van der Waals surface area contributed by atoms with Gasteiger partial charge in [0.15, 0.2) is 0 Å². The van der Waals surface area contributed by atoms with E-state index in [1.54, 1.807) is 0 Å². The lowest BCUT2D eigenvalue weighted by Gasteiger charge is -2.27. The SMILES string of the molecule is CCCCCCCOc1ccc2c(c1)C=CC=C[C@@H]2C[C@@](C)(N)CO. The molecule has 3 nitrogen and oxygen atoms in total. The van der Waals surface area contributed by atoms with Gasteiger partial charge in [0.25, 0.3) is 0 Å². The maximum atomic E-state index is 9.48. The molecule has 0 radical (unpaired) electrons. The van der Waals surface area contributed by atoms with E-state index in [-0.39, 0.29) is 12.5 Å². The van der Waals surface area contributed by atoms with E-state index in [1.807, 2.05) is 6.92 Å². The van der Waals surface area contributed by atoms with Crippen LogP contribution in [0.25, 0.3) is 6.08 Å². The second-order valence-electron chi connectivity index (χ2n) is 7.42. The van der Waals surface area contributed by atoms with E-state index in [0.717, 1.165) is 18.8 Å². The van der Waals surface area contributed by atoms with Gasteiger partial charge in [0, 0.05) is 11.5 Å².